The predicted molar refractivity (Wildman–Crippen MR) is 81.9 cm³/mol. The molecule has 110 valence electrons. The van der Waals surface area contributed by atoms with Gasteiger partial charge in [-0.2, -0.15) is 0 Å². The third-order valence-corrected chi connectivity index (χ3v) is 4.33. The van der Waals surface area contributed by atoms with Crippen LogP contribution in [0.1, 0.15) is 16.9 Å². The zero-order valence-electron chi connectivity index (χ0n) is 12.0. The van der Waals surface area contributed by atoms with Gasteiger partial charge in [0.2, 0.25) is 0 Å². The van der Waals surface area contributed by atoms with Crippen LogP contribution in [-0.2, 0) is 11.3 Å². The number of carbonyl (C=O) groups excluding carboxylic acids is 1. The van der Waals surface area contributed by atoms with Gasteiger partial charge in [0.15, 0.2) is 0 Å². The topological polar surface area (TPSA) is 46.5 Å². The second-order valence-electron chi connectivity index (χ2n) is 5.61. The quantitative estimate of drug-likeness (QED) is 0.866. The summed E-state index contributed by atoms with van der Waals surface area (Å²) in [6, 6.07) is 8.34. The smallest absolute Gasteiger partial charge is 0.267 e. The van der Waals surface area contributed by atoms with Gasteiger partial charge in [0.25, 0.3) is 5.91 Å². The summed E-state index contributed by atoms with van der Waals surface area (Å²) in [5.41, 5.74) is 3.19. The molecule has 3 heterocycles. The fourth-order valence-corrected chi connectivity index (χ4v) is 3.31. The molecule has 2 aliphatic heterocycles. The Kier molecular flexibility index (Phi) is 3.07. The van der Waals surface area contributed by atoms with E-state index in [0.717, 1.165) is 56.9 Å². The number of ether oxygens (including phenoxy) is 1. The van der Waals surface area contributed by atoms with Gasteiger partial charge >= 0.3 is 0 Å². The number of morpholine rings is 1. The Hall–Kier alpha value is -2.01. The summed E-state index contributed by atoms with van der Waals surface area (Å²) >= 11 is 0. The molecule has 1 N–H and O–H groups in total. The maximum atomic E-state index is 12.2. The highest BCUT2D eigenvalue weighted by Crippen LogP contribution is 2.31. The summed E-state index contributed by atoms with van der Waals surface area (Å²) in [7, 11) is 0. The van der Waals surface area contributed by atoms with Crippen molar-refractivity contribution in [1.82, 2.24) is 9.88 Å². The normalized spacial score (nSPS) is 19.2. The minimum Gasteiger partial charge on any atom is -0.378 e. The minimum absolute atomic E-state index is 0.0385. The Morgan fingerprint density at radius 1 is 1.14 bits per heavy atom. The first kappa shape index (κ1) is 12.7. The highest BCUT2D eigenvalue weighted by atomic mass is 16.5. The van der Waals surface area contributed by atoms with Crippen molar-refractivity contribution < 1.29 is 9.53 Å². The van der Waals surface area contributed by atoms with E-state index in [9.17, 15) is 4.79 Å². The molecule has 1 amide bonds. The third-order valence-electron chi connectivity index (χ3n) is 4.33. The lowest BCUT2D eigenvalue weighted by Gasteiger charge is -2.30. The lowest BCUT2D eigenvalue weighted by atomic mass is 10.2. The van der Waals surface area contributed by atoms with Crippen LogP contribution in [-0.4, -0.2) is 43.3 Å². The van der Waals surface area contributed by atoms with Crippen molar-refractivity contribution in [2.75, 3.05) is 37.7 Å². The van der Waals surface area contributed by atoms with E-state index in [1.54, 1.807) is 0 Å². The SMILES string of the molecule is O=C1NCCCn2c1cc1cccc(N3CCOCC3)c12. The van der Waals surface area contributed by atoms with E-state index >= 15 is 0 Å². The first-order chi connectivity index (χ1) is 10.3. The van der Waals surface area contributed by atoms with Gasteiger partial charge in [-0.15, -0.1) is 0 Å². The number of nitrogens with one attached hydrogen (secondary N) is 1. The van der Waals surface area contributed by atoms with E-state index in [4.69, 9.17) is 4.74 Å². The van der Waals surface area contributed by atoms with Crippen LogP contribution in [0.25, 0.3) is 10.9 Å². The molecule has 0 spiro atoms. The largest absolute Gasteiger partial charge is 0.378 e. The molecule has 1 aromatic heterocycles. The van der Waals surface area contributed by atoms with Crippen LogP contribution in [0.3, 0.4) is 0 Å². The summed E-state index contributed by atoms with van der Waals surface area (Å²) in [6.07, 6.45) is 0.972. The molecule has 0 atom stereocenters. The van der Waals surface area contributed by atoms with Crippen LogP contribution < -0.4 is 10.2 Å². The monoisotopic (exact) mass is 285 g/mol. The minimum atomic E-state index is 0.0385. The number of nitrogens with zero attached hydrogens (tertiary/aromatic N) is 2. The number of hydrogen-bond acceptors (Lipinski definition) is 3. The molecule has 21 heavy (non-hydrogen) atoms. The number of aromatic nitrogens is 1. The summed E-state index contributed by atoms with van der Waals surface area (Å²) < 4.78 is 7.63. The third kappa shape index (κ3) is 2.08. The summed E-state index contributed by atoms with van der Waals surface area (Å²) in [4.78, 5) is 14.6. The number of fused-ring (bicyclic) bond motifs is 3. The number of anilines is 1. The van der Waals surface area contributed by atoms with Crippen LogP contribution in [0.5, 0.6) is 0 Å². The van der Waals surface area contributed by atoms with Crippen LogP contribution in [0, 0.1) is 0 Å². The first-order valence-corrected chi connectivity index (χ1v) is 7.58. The summed E-state index contributed by atoms with van der Waals surface area (Å²) in [5, 5.41) is 4.11. The van der Waals surface area contributed by atoms with Crippen molar-refractivity contribution in [3.05, 3.63) is 30.0 Å². The summed E-state index contributed by atoms with van der Waals surface area (Å²) in [5.74, 6) is 0.0385. The predicted octanol–water partition coefficient (Wildman–Crippen LogP) is 1.61. The Balaban J connectivity index is 1.89. The molecule has 5 nitrogen and oxygen atoms in total. The number of benzene rings is 1. The number of amides is 1. The summed E-state index contributed by atoms with van der Waals surface area (Å²) in [6.45, 7) is 4.99. The second-order valence-corrected chi connectivity index (χ2v) is 5.61. The zero-order valence-corrected chi connectivity index (χ0v) is 12.0. The van der Waals surface area contributed by atoms with Crippen molar-refractivity contribution in [2.45, 2.75) is 13.0 Å². The van der Waals surface area contributed by atoms with E-state index in [1.807, 2.05) is 6.07 Å². The molecular formula is C16H19N3O2. The van der Waals surface area contributed by atoms with Gasteiger partial charge in [-0.05, 0) is 18.6 Å². The van der Waals surface area contributed by atoms with Gasteiger partial charge in [-0.25, -0.2) is 0 Å². The Morgan fingerprint density at radius 2 is 2.00 bits per heavy atom. The van der Waals surface area contributed by atoms with E-state index in [-0.39, 0.29) is 5.91 Å². The maximum absolute atomic E-state index is 12.2. The van der Waals surface area contributed by atoms with Crippen LogP contribution >= 0.6 is 0 Å². The zero-order chi connectivity index (χ0) is 14.2. The number of carbonyl (C=O) groups is 1. The van der Waals surface area contributed by atoms with Crippen LogP contribution in [0.4, 0.5) is 5.69 Å². The van der Waals surface area contributed by atoms with Gasteiger partial charge in [-0.1, -0.05) is 12.1 Å². The molecule has 1 saturated heterocycles. The van der Waals surface area contributed by atoms with Gasteiger partial charge in [0.1, 0.15) is 5.69 Å². The highest BCUT2D eigenvalue weighted by molar-refractivity contribution is 6.02. The molecule has 4 rings (SSSR count). The van der Waals surface area contributed by atoms with Crippen molar-refractivity contribution in [1.29, 1.82) is 0 Å². The molecule has 0 unspecified atom stereocenters. The van der Waals surface area contributed by atoms with Gasteiger partial charge in [0, 0.05) is 31.6 Å². The molecule has 1 aromatic carbocycles. The molecular weight excluding hydrogens is 266 g/mol. The molecule has 1 fully saturated rings. The van der Waals surface area contributed by atoms with Crippen molar-refractivity contribution in [3.63, 3.8) is 0 Å². The highest BCUT2D eigenvalue weighted by Gasteiger charge is 2.22. The fourth-order valence-electron chi connectivity index (χ4n) is 3.31. The average molecular weight is 285 g/mol. The van der Waals surface area contributed by atoms with Crippen molar-refractivity contribution in [2.24, 2.45) is 0 Å². The van der Waals surface area contributed by atoms with Crippen LogP contribution in [0.15, 0.2) is 24.3 Å². The molecule has 0 radical (unpaired) electrons. The van der Waals surface area contributed by atoms with Crippen LogP contribution in [0.2, 0.25) is 0 Å². The maximum Gasteiger partial charge on any atom is 0.267 e. The standard InChI is InChI=1S/C16H19N3O2/c20-16-14-11-12-3-1-4-13(18-7-9-21-10-8-18)15(12)19(14)6-2-5-17-16/h1,3-4,11H,2,5-10H2,(H,17,20). The number of hydrogen-bond donors (Lipinski definition) is 1. The van der Waals surface area contributed by atoms with E-state index in [1.165, 1.54) is 11.2 Å². The lowest BCUT2D eigenvalue weighted by molar-refractivity contribution is 0.0951. The molecule has 0 saturated carbocycles. The Labute approximate surface area is 123 Å². The lowest BCUT2D eigenvalue weighted by Crippen LogP contribution is -2.36. The fraction of sp³-hybridized carbons (Fsp3) is 0.438. The number of rotatable bonds is 1. The molecule has 0 aliphatic carbocycles. The number of para-hydroxylation sites is 1. The van der Waals surface area contributed by atoms with E-state index in [2.05, 4.69) is 33.0 Å². The average Bonchev–Trinajstić information content (AvgIpc) is 2.81. The van der Waals surface area contributed by atoms with Gasteiger partial charge in [0.05, 0.1) is 24.4 Å². The Bertz CT molecular complexity index is 686. The van der Waals surface area contributed by atoms with Gasteiger partial charge < -0.3 is 19.5 Å². The molecule has 2 aliphatic rings. The molecule has 2 aromatic rings. The first-order valence-electron chi connectivity index (χ1n) is 7.58. The number of aryl methyl sites for hydroxylation is 1. The molecule has 5 heteroatoms. The van der Waals surface area contributed by atoms with E-state index < -0.39 is 0 Å². The second kappa shape index (κ2) is 5.07. The van der Waals surface area contributed by atoms with Gasteiger partial charge in [-0.3, -0.25) is 4.79 Å². The van der Waals surface area contributed by atoms with Crippen molar-refractivity contribution >= 4 is 22.5 Å². The van der Waals surface area contributed by atoms with E-state index in [0.29, 0.717) is 0 Å². The Morgan fingerprint density at radius 3 is 2.86 bits per heavy atom. The van der Waals surface area contributed by atoms with Crippen molar-refractivity contribution in [3.8, 4) is 0 Å². The molecule has 0 bridgehead atoms.